The second kappa shape index (κ2) is 8.00. The van der Waals surface area contributed by atoms with Crippen molar-refractivity contribution in [2.45, 2.75) is 18.9 Å². The minimum Gasteiger partial charge on any atom is -0.391 e. The van der Waals surface area contributed by atoms with Crippen LogP contribution >= 0.6 is 0 Å². The van der Waals surface area contributed by atoms with Crippen LogP contribution in [0, 0.1) is 5.92 Å². The molecule has 3 rings (SSSR count). The standard InChI is InChI=1S/C19H27N3O3S/c1-21(2)26(24,25)11-5-10-22-13-16(19(23)14-22)12-15-8-9-20-18-7-4-3-6-17(15)18/h3-4,6-9,16,19,23H,5,10-14H2,1-2H3/t16-,19+/m1/s1. The van der Waals surface area contributed by atoms with E-state index in [1.807, 2.05) is 30.5 Å². The van der Waals surface area contributed by atoms with Gasteiger partial charge < -0.3 is 10.0 Å². The smallest absolute Gasteiger partial charge is 0.213 e. The lowest BCUT2D eigenvalue weighted by molar-refractivity contribution is 0.141. The summed E-state index contributed by atoms with van der Waals surface area (Å²) >= 11 is 0. The number of fused-ring (bicyclic) bond motifs is 1. The second-order valence-corrected chi connectivity index (χ2v) is 9.53. The van der Waals surface area contributed by atoms with Crippen molar-refractivity contribution in [3.05, 3.63) is 42.1 Å². The Morgan fingerprint density at radius 1 is 1.23 bits per heavy atom. The number of benzene rings is 1. The molecule has 1 aromatic heterocycles. The number of pyridine rings is 1. The Bertz CT molecular complexity index is 849. The van der Waals surface area contributed by atoms with Gasteiger partial charge >= 0.3 is 0 Å². The van der Waals surface area contributed by atoms with E-state index in [0.717, 1.165) is 23.9 Å². The molecule has 1 fully saturated rings. The maximum absolute atomic E-state index is 11.9. The van der Waals surface area contributed by atoms with Gasteiger partial charge in [0, 0.05) is 44.7 Å². The molecule has 1 aliphatic heterocycles. The topological polar surface area (TPSA) is 73.7 Å². The highest BCUT2D eigenvalue weighted by Gasteiger charge is 2.31. The molecular formula is C19H27N3O3S. The molecule has 0 bridgehead atoms. The molecule has 0 unspecified atom stereocenters. The van der Waals surface area contributed by atoms with Gasteiger partial charge in [-0.1, -0.05) is 18.2 Å². The molecule has 0 radical (unpaired) electrons. The van der Waals surface area contributed by atoms with Crippen LogP contribution in [-0.2, 0) is 16.4 Å². The van der Waals surface area contributed by atoms with Gasteiger partial charge in [0.2, 0.25) is 10.0 Å². The van der Waals surface area contributed by atoms with Crippen molar-refractivity contribution in [3.63, 3.8) is 0 Å². The molecule has 0 saturated carbocycles. The molecule has 1 aliphatic rings. The van der Waals surface area contributed by atoms with E-state index >= 15 is 0 Å². The highest BCUT2D eigenvalue weighted by Crippen LogP contribution is 2.25. The van der Waals surface area contributed by atoms with E-state index in [2.05, 4.69) is 16.0 Å². The Kier molecular flexibility index (Phi) is 5.92. The quantitative estimate of drug-likeness (QED) is 0.789. The van der Waals surface area contributed by atoms with Crippen molar-refractivity contribution in [2.75, 3.05) is 39.5 Å². The normalized spacial score (nSPS) is 21.7. The Balaban J connectivity index is 1.59. The maximum atomic E-state index is 11.9. The maximum Gasteiger partial charge on any atom is 0.213 e. The van der Waals surface area contributed by atoms with Crippen LogP contribution in [0.2, 0.25) is 0 Å². The van der Waals surface area contributed by atoms with E-state index in [1.165, 1.54) is 9.87 Å². The van der Waals surface area contributed by atoms with Crippen LogP contribution in [0.5, 0.6) is 0 Å². The summed E-state index contributed by atoms with van der Waals surface area (Å²) in [4.78, 5) is 6.56. The monoisotopic (exact) mass is 377 g/mol. The summed E-state index contributed by atoms with van der Waals surface area (Å²) in [6, 6.07) is 10.1. The number of β-amino-alcohol motifs (C(OH)–C–C–N with tert-alkyl or cyclic N) is 1. The second-order valence-electron chi connectivity index (χ2n) is 7.23. The van der Waals surface area contributed by atoms with Gasteiger partial charge in [0.15, 0.2) is 0 Å². The molecule has 2 heterocycles. The van der Waals surface area contributed by atoms with Gasteiger partial charge in [-0.15, -0.1) is 0 Å². The van der Waals surface area contributed by atoms with Crippen molar-refractivity contribution in [2.24, 2.45) is 5.92 Å². The van der Waals surface area contributed by atoms with E-state index < -0.39 is 10.0 Å². The van der Waals surface area contributed by atoms with Crippen molar-refractivity contribution in [3.8, 4) is 0 Å². The number of hydrogen-bond donors (Lipinski definition) is 1. The molecule has 1 N–H and O–H groups in total. The first-order chi connectivity index (χ1) is 12.4. The van der Waals surface area contributed by atoms with Gasteiger partial charge in [-0.05, 0) is 37.1 Å². The van der Waals surface area contributed by atoms with E-state index in [-0.39, 0.29) is 17.8 Å². The SMILES string of the molecule is CN(C)S(=O)(=O)CCCN1C[C@@H](Cc2ccnc3ccccc23)[C@@H](O)C1. The van der Waals surface area contributed by atoms with Crippen molar-refractivity contribution < 1.29 is 13.5 Å². The summed E-state index contributed by atoms with van der Waals surface area (Å²) in [7, 11) is -0.0335. The fourth-order valence-corrected chi connectivity index (χ4v) is 4.45. The summed E-state index contributed by atoms with van der Waals surface area (Å²) in [6.45, 7) is 2.09. The molecule has 0 spiro atoms. The van der Waals surface area contributed by atoms with E-state index in [0.29, 0.717) is 19.5 Å². The van der Waals surface area contributed by atoms with Gasteiger partial charge in [-0.2, -0.15) is 0 Å². The molecule has 1 saturated heterocycles. The van der Waals surface area contributed by atoms with Crippen LogP contribution in [0.3, 0.4) is 0 Å². The highest BCUT2D eigenvalue weighted by molar-refractivity contribution is 7.89. The van der Waals surface area contributed by atoms with Crippen LogP contribution in [-0.4, -0.2) is 73.3 Å². The van der Waals surface area contributed by atoms with E-state index in [4.69, 9.17) is 0 Å². The predicted octanol–water partition coefficient (Wildman–Crippen LogP) is 1.35. The fraction of sp³-hybridized carbons (Fsp3) is 0.526. The van der Waals surface area contributed by atoms with Crippen LogP contribution in [0.4, 0.5) is 0 Å². The zero-order chi connectivity index (χ0) is 18.7. The molecule has 0 amide bonds. The molecule has 142 valence electrons. The third-order valence-corrected chi connectivity index (χ3v) is 7.05. The summed E-state index contributed by atoms with van der Waals surface area (Å²) in [5, 5.41) is 11.6. The average Bonchev–Trinajstić information content (AvgIpc) is 2.94. The zero-order valence-corrected chi connectivity index (χ0v) is 16.2. The van der Waals surface area contributed by atoms with Gasteiger partial charge in [0.25, 0.3) is 0 Å². The minimum atomic E-state index is -3.15. The largest absolute Gasteiger partial charge is 0.391 e. The Morgan fingerprint density at radius 3 is 2.77 bits per heavy atom. The number of para-hydroxylation sites is 1. The number of likely N-dealkylation sites (tertiary alicyclic amines) is 1. The average molecular weight is 378 g/mol. The zero-order valence-electron chi connectivity index (χ0n) is 15.4. The Morgan fingerprint density at radius 2 is 2.00 bits per heavy atom. The number of rotatable bonds is 7. The lowest BCUT2D eigenvalue weighted by Gasteiger charge is -2.17. The molecule has 7 heteroatoms. The van der Waals surface area contributed by atoms with Crippen LogP contribution in [0.15, 0.2) is 36.5 Å². The van der Waals surface area contributed by atoms with Crippen molar-refractivity contribution in [1.82, 2.24) is 14.2 Å². The van der Waals surface area contributed by atoms with E-state index in [9.17, 15) is 13.5 Å². The molecule has 1 aromatic carbocycles. The molecule has 2 aromatic rings. The number of aliphatic hydroxyl groups is 1. The fourth-order valence-electron chi connectivity index (χ4n) is 3.59. The predicted molar refractivity (Wildman–Crippen MR) is 103 cm³/mol. The first-order valence-corrected chi connectivity index (χ1v) is 10.6. The first-order valence-electron chi connectivity index (χ1n) is 9.00. The van der Waals surface area contributed by atoms with Gasteiger partial charge in [0.1, 0.15) is 0 Å². The summed E-state index contributed by atoms with van der Waals surface area (Å²) in [5.41, 5.74) is 2.18. The Hall–Kier alpha value is -1.54. The third-order valence-electron chi connectivity index (χ3n) is 5.14. The Labute approximate surface area is 155 Å². The number of sulfonamides is 1. The van der Waals surface area contributed by atoms with Crippen molar-refractivity contribution in [1.29, 1.82) is 0 Å². The molecule has 2 atom stereocenters. The summed E-state index contributed by atoms with van der Waals surface area (Å²) in [5.74, 6) is 0.304. The third kappa shape index (κ3) is 4.40. The molecule has 0 aliphatic carbocycles. The number of nitrogens with zero attached hydrogens (tertiary/aromatic N) is 3. The number of aliphatic hydroxyl groups excluding tert-OH is 1. The summed E-state index contributed by atoms with van der Waals surface area (Å²) in [6.07, 6.45) is 2.82. The van der Waals surface area contributed by atoms with Crippen LogP contribution < -0.4 is 0 Å². The summed E-state index contributed by atoms with van der Waals surface area (Å²) < 4.78 is 25.0. The minimum absolute atomic E-state index is 0.145. The van der Waals surface area contributed by atoms with Crippen molar-refractivity contribution >= 4 is 20.9 Å². The highest BCUT2D eigenvalue weighted by atomic mass is 32.2. The van der Waals surface area contributed by atoms with Gasteiger partial charge in [-0.3, -0.25) is 4.98 Å². The van der Waals surface area contributed by atoms with Crippen LogP contribution in [0.1, 0.15) is 12.0 Å². The van der Waals surface area contributed by atoms with E-state index in [1.54, 1.807) is 14.1 Å². The lowest BCUT2D eigenvalue weighted by atomic mass is 9.94. The molecule has 26 heavy (non-hydrogen) atoms. The lowest BCUT2D eigenvalue weighted by Crippen LogP contribution is -2.29. The number of hydrogen-bond acceptors (Lipinski definition) is 5. The molecule has 6 nitrogen and oxygen atoms in total. The first kappa shape index (κ1) is 19.2. The molecular weight excluding hydrogens is 350 g/mol. The van der Waals surface area contributed by atoms with Gasteiger partial charge in [-0.25, -0.2) is 12.7 Å². The van der Waals surface area contributed by atoms with Crippen LogP contribution in [0.25, 0.3) is 10.9 Å². The van der Waals surface area contributed by atoms with Gasteiger partial charge in [0.05, 0.1) is 17.4 Å². The number of aromatic nitrogens is 1.